The van der Waals surface area contributed by atoms with Crippen molar-refractivity contribution in [2.75, 3.05) is 13.1 Å². The van der Waals surface area contributed by atoms with Crippen LogP contribution in [0.3, 0.4) is 0 Å². The number of nitrogens with zero attached hydrogens (tertiary/aromatic N) is 4. The third-order valence-electron chi connectivity index (χ3n) is 4.96. The zero-order valence-electron chi connectivity index (χ0n) is 14.1. The van der Waals surface area contributed by atoms with Gasteiger partial charge in [0.1, 0.15) is 11.3 Å². The molecule has 2 aromatic heterocycles. The van der Waals surface area contributed by atoms with Gasteiger partial charge >= 0.3 is 7.05 Å². The number of benzene rings is 1. The van der Waals surface area contributed by atoms with Crippen molar-refractivity contribution in [1.82, 2.24) is 19.3 Å². The molecule has 1 fully saturated rings. The fraction of sp³-hybridized carbons (Fsp3) is 0.333. The first kappa shape index (κ1) is 16.6. The van der Waals surface area contributed by atoms with Gasteiger partial charge in [-0.15, -0.1) is 0 Å². The van der Waals surface area contributed by atoms with Crippen molar-refractivity contribution in [3.63, 3.8) is 0 Å². The molecule has 4 rings (SSSR count). The predicted molar refractivity (Wildman–Crippen MR) is 102 cm³/mol. The molecule has 25 heavy (non-hydrogen) atoms. The second kappa shape index (κ2) is 6.79. The number of rotatable bonds is 3. The van der Waals surface area contributed by atoms with Crippen LogP contribution in [-0.2, 0) is 0 Å². The standard InChI is InChI=1S/C18H20BClN4O/c1-19(25)23-11-8-13(9-12-23)24-17(14-5-2-3-6-15(14)20)22-16-7-4-10-21-18(16)24/h2-7,10,13,25H,8-9,11-12H2,1H3. The van der Waals surface area contributed by atoms with Crippen molar-refractivity contribution in [1.29, 1.82) is 0 Å². The molecular formula is C18H20BClN4O. The first-order valence-electron chi connectivity index (χ1n) is 8.65. The van der Waals surface area contributed by atoms with Gasteiger partial charge in [0, 0.05) is 17.8 Å². The molecule has 128 valence electrons. The molecule has 0 unspecified atom stereocenters. The van der Waals surface area contributed by atoms with Crippen molar-refractivity contribution in [2.45, 2.75) is 25.7 Å². The summed E-state index contributed by atoms with van der Waals surface area (Å²) in [4.78, 5) is 11.5. The van der Waals surface area contributed by atoms with Crippen LogP contribution < -0.4 is 0 Å². The normalized spacial score (nSPS) is 16.4. The monoisotopic (exact) mass is 354 g/mol. The molecule has 0 bridgehead atoms. The minimum atomic E-state index is -0.401. The van der Waals surface area contributed by atoms with E-state index in [9.17, 15) is 5.02 Å². The summed E-state index contributed by atoms with van der Waals surface area (Å²) in [7, 11) is -0.401. The van der Waals surface area contributed by atoms with Gasteiger partial charge < -0.3 is 14.4 Å². The molecular weight excluding hydrogens is 334 g/mol. The molecule has 3 heterocycles. The lowest BCUT2D eigenvalue weighted by molar-refractivity contribution is 0.255. The van der Waals surface area contributed by atoms with Gasteiger partial charge in [-0.05, 0) is 57.0 Å². The van der Waals surface area contributed by atoms with Gasteiger partial charge in [0.25, 0.3) is 0 Å². The van der Waals surface area contributed by atoms with Gasteiger partial charge in [0.15, 0.2) is 5.65 Å². The zero-order chi connectivity index (χ0) is 17.4. The lowest BCUT2D eigenvalue weighted by atomic mass is 9.82. The lowest BCUT2D eigenvalue weighted by Crippen LogP contribution is -2.43. The fourth-order valence-electron chi connectivity index (χ4n) is 3.63. The number of hydrogen-bond donors (Lipinski definition) is 1. The molecule has 1 aliphatic heterocycles. The number of halogens is 1. The van der Waals surface area contributed by atoms with Crippen LogP contribution in [0.1, 0.15) is 18.9 Å². The molecule has 5 nitrogen and oxygen atoms in total. The molecule has 0 atom stereocenters. The summed E-state index contributed by atoms with van der Waals surface area (Å²) in [6, 6.07) is 12.0. The summed E-state index contributed by atoms with van der Waals surface area (Å²) in [5.74, 6) is 0.870. The van der Waals surface area contributed by atoms with Crippen LogP contribution in [0.4, 0.5) is 0 Å². The fourth-order valence-corrected chi connectivity index (χ4v) is 3.85. The van der Waals surface area contributed by atoms with Crippen LogP contribution in [0.25, 0.3) is 22.6 Å². The van der Waals surface area contributed by atoms with Crippen molar-refractivity contribution < 1.29 is 5.02 Å². The number of fused-ring (bicyclic) bond motifs is 1. The van der Waals surface area contributed by atoms with Crippen molar-refractivity contribution >= 4 is 29.8 Å². The number of aromatic nitrogens is 3. The summed E-state index contributed by atoms with van der Waals surface area (Å²) in [5.41, 5.74) is 2.71. The SMILES string of the molecule is CB(O)N1CCC(n2c(-c3ccccc3Cl)nc3cccnc32)CC1. The Bertz CT molecular complexity index is 890. The van der Waals surface area contributed by atoms with Gasteiger partial charge in [-0.25, -0.2) is 9.97 Å². The van der Waals surface area contributed by atoms with Gasteiger partial charge in [-0.1, -0.05) is 23.7 Å². The maximum Gasteiger partial charge on any atom is 0.376 e. The quantitative estimate of drug-likeness (QED) is 0.731. The van der Waals surface area contributed by atoms with E-state index in [4.69, 9.17) is 16.6 Å². The van der Waals surface area contributed by atoms with E-state index in [-0.39, 0.29) is 0 Å². The number of pyridine rings is 1. The van der Waals surface area contributed by atoms with E-state index in [1.807, 2.05) is 49.4 Å². The summed E-state index contributed by atoms with van der Waals surface area (Å²) >= 11 is 6.45. The van der Waals surface area contributed by atoms with Crippen LogP contribution in [0.2, 0.25) is 11.8 Å². The van der Waals surface area contributed by atoms with E-state index in [1.165, 1.54) is 0 Å². The molecule has 1 N–H and O–H groups in total. The molecule has 0 aliphatic carbocycles. The van der Waals surface area contributed by atoms with Crippen LogP contribution in [0.5, 0.6) is 0 Å². The molecule has 7 heteroatoms. The highest BCUT2D eigenvalue weighted by molar-refractivity contribution is 6.45. The molecule has 0 saturated carbocycles. The molecule has 3 aromatic rings. The summed E-state index contributed by atoms with van der Waals surface area (Å²) < 4.78 is 2.23. The smallest absolute Gasteiger partial charge is 0.376 e. The van der Waals surface area contributed by atoms with Gasteiger partial charge in [-0.2, -0.15) is 0 Å². The highest BCUT2D eigenvalue weighted by atomic mass is 35.5. The van der Waals surface area contributed by atoms with Crippen molar-refractivity contribution in [2.24, 2.45) is 0 Å². The highest BCUT2D eigenvalue weighted by Gasteiger charge is 2.28. The minimum Gasteiger partial charge on any atom is -0.437 e. The maximum absolute atomic E-state index is 9.81. The van der Waals surface area contributed by atoms with Gasteiger partial charge in [0.05, 0.1) is 5.02 Å². The molecule has 0 spiro atoms. The number of hydrogen-bond acceptors (Lipinski definition) is 4. The Kier molecular flexibility index (Phi) is 4.50. The largest absolute Gasteiger partial charge is 0.437 e. The summed E-state index contributed by atoms with van der Waals surface area (Å²) in [6.45, 7) is 3.54. The van der Waals surface area contributed by atoms with Gasteiger partial charge in [0.2, 0.25) is 0 Å². The van der Waals surface area contributed by atoms with Crippen molar-refractivity contribution in [3.8, 4) is 11.4 Å². The van der Waals surface area contributed by atoms with E-state index in [1.54, 1.807) is 0 Å². The number of imidazole rings is 1. The Morgan fingerprint density at radius 2 is 1.92 bits per heavy atom. The lowest BCUT2D eigenvalue weighted by Gasteiger charge is -2.34. The van der Waals surface area contributed by atoms with E-state index in [2.05, 4.69) is 14.4 Å². The Balaban J connectivity index is 1.80. The van der Waals surface area contributed by atoms with E-state index in [0.29, 0.717) is 11.1 Å². The zero-order valence-corrected chi connectivity index (χ0v) is 14.9. The molecule has 1 saturated heterocycles. The molecule has 1 aliphatic rings. The molecule has 1 aromatic carbocycles. The summed E-state index contributed by atoms with van der Waals surface area (Å²) in [5, 5.41) is 10.5. The second-order valence-corrected chi connectivity index (χ2v) is 6.94. The second-order valence-electron chi connectivity index (χ2n) is 6.53. The Morgan fingerprint density at radius 1 is 1.16 bits per heavy atom. The number of piperidine rings is 1. The van der Waals surface area contributed by atoms with Crippen LogP contribution in [-0.4, -0.2) is 44.5 Å². The van der Waals surface area contributed by atoms with Crippen LogP contribution >= 0.6 is 11.6 Å². The predicted octanol–water partition coefficient (Wildman–Crippen LogP) is 3.50. The molecule has 0 radical (unpaired) electrons. The van der Waals surface area contributed by atoms with E-state index in [0.717, 1.165) is 48.5 Å². The maximum atomic E-state index is 9.81. The van der Waals surface area contributed by atoms with E-state index < -0.39 is 7.05 Å². The Hall–Kier alpha value is -1.89. The van der Waals surface area contributed by atoms with Crippen LogP contribution in [0, 0.1) is 0 Å². The van der Waals surface area contributed by atoms with E-state index >= 15 is 0 Å². The topological polar surface area (TPSA) is 54.2 Å². The average Bonchev–Trinajstić information content (AvgIpc) is 3.01. The first-order chi connectivity index (χ1) is 12.1. The summed E-state index contributed by atoms with van der Waals surface area (Å²) in [6.07, 6.45) is 3.70. The minimum absolute atomic E-state index is 0.293. The Labute approximate surface area is 152 Å². The molecule has 0 amide bonds. The van der Waals surface area contributed by atoms with Crippen molar-refractivity contribution in [3.05, 3.63) is 47.6 Å². The third-order valence-corrected chi connectivity index (χ3v) is 5.29. The van der Waals surface area contributed by atoms with Crippen LogP contribution in [0.15, 0.2) is 42.6 Å². The Morgan fingerprint density at radius 3 is 2.64 bits per heavy atom. The average molecular weight is 355 g/mol. The highest BCUT2D eigenvalue weighted by Crippen LogP contribution is 2.35. The van der Waals surface area contributed by atoms with Gasteiger partial charge in [-0.3, -0.25) is 0 Å². The first-order valence-corrected chi connectivity index (χ1v) is 9.03. The third kappa shape index (κ3) is 3.06.